The van der Waals surface area contributed by atoms with E-state index < -0.39 is 0 Å². The number of anilines is 1. The molecule has 1 fully saturated rings. The average Bonchev–Trinajstić information content (AvgIpc) is 3.53. The number of amides is 1. The highest BCUT2D eigenvalue weighted by Gasteiger charge is 2.30. The summed E-state index contributed by atoms with van der Waals surface area (Å²) in [6, 6.07) is 8.97. The molecule has 0 atom stereocenters. The maximum atomic E-state index is 12.9. The molecule has 0 unspecified atom stereocenters. The summed E-state index contributed by atoms with van der Waals surface area (Å²) in [4.78, 5) is 29.5. The number of rotatable bonds is 5. The van der Waals surface area contributed by atoms with Crippen molar-refractivity contribution in [2.45, 2.75) is 25.4 Å². The molecule has 3 aromatic rings. The number of hydrogen-bond acceptors (Lipinski definition) is 6. The Hall–Kier alpha value is -3.62. The van der Waals surface area contributed by atoms with Crippen LogP contribution in [0.2, 0.25) is 0 Å². The number of pyridine rings is 1. The van der Waals surface area contributed by atoms with Crippen molar-refractivity contribution in [2.24, 2.45) is 0 Å². The number of nitrogens with zero attached hydrogens (tertiary/aromatic N) is 4. The van der Waals surface area contributed by atoms with Crippen LogP contribution >= 0.6 is 0 Å². The second-order valence-corrected chi connectivity index (χ2v) is 7.01. The van der Waals surface area contributed by atoms with Crippen molar-refractivity contribution in [2.75, 3.05) is 18.5 Å². The van der Waals surface area contributed by atoms with Crippen LogP contribution in [0.4, 0.5) is 5.69 Å². The number of carbonyl (C=O) groups excluding carboxylic acids is 1. The van der Waals surface area contributed by atoms with Crippen LogP contribution in [0.25, 0.3) is 11.4 Å². The van der Waals surface area contributed by atoms with Gasteiger partial charge in [-0.1, -0.05) is 0 Å². The largest absolute Gasteiger partial charge is 0.486 e. The topological polar surface area (TPSA) is 100 Å². The maximum absolute atomic E-state index is 12.9. The van der Waals surface area contributed by atoms with Gasteiger partial charge in [-0.25, -0.2) is 9.48 Å². The Morgan fingerprint density at radius 3 is 2.76 bits per heavy atom. The third-order valence-electron chi connectivity index (χ3n) is 4.82. The molecule has 0 spiro atoms. The van der Waals surface area contributed by atoms with Gasteiger partial charge >= 0.3 is 5.69 Å². The lowest BCUT2D eigenvalue weighted by Crippen LogP contribution is -2.30. The van der Waals surface area contributed by atoms with Gasteiger partial charge in [0.25, 0.3) is 0 Å². The number of fused-ring (bicyclic) bond motifs is 1. The van der Waals surface area contributed by atoms with Gasteiger partial charge in [0.2, 0.25) is 5.91 Å². The summed E-state index contributed by atoms with van der Waals surface area (Å²) in [7, 11) is 0. The van der Waals surface area contributed by atoms with Crippen LogP contribution in [0, 0.1) is 0 Å². The van der Waals surface area contributed by atoms with E-state index in [-0.39, 0.29) is 24.2 Å². The highest BCUT2D eigenvalue weighted by molar-refractivity contribution is 5.90. The minimum atomic E-state index is -0.345. The molecule has 3 heterocycles. The van der Waals surface area contributed by atoms with Gasteiger partial charge < -0.3 is 14.8 Å². The quantitative estimate of drug-likeness (QED) is 0.710. The molecule has 1 aromatic carbocycles. The Kier molecular flexibility index (Phi) is 4.27. The molecule has 1 N–H and O–H groups in total. The van der Waals surface area contributed by atoms with Crippen molar-refractivity contribution in [1.82, 2.24) is 19.3 Å². The Balaban J connectivity index is 1.38. The first-order valence-electron chi connectivity index (χ1n) is 9.48. The second kappa shape index (κ2) is 7.08. The highest BCUT2D eigenvalue weighted by atomic mass is 16.6. The van der Waals surface area contributed by atoms with Crippen molar-refractivity contribution in [3.05, 3.63) is 53.2 Å². The normalized spacial score (nSPS) is 15.2. The molecule has 1 amide bonds. The third kappa shape index (κ3) is 3.46. The monoisotopic (exact) mass is 393 g/mol. The molecule has 9 heteroatoms. The van der Waals surface area contributed by atoms with E-state index in [4.69, 9.17) is 9.47 Å². The predicted molar refractivity (Wildman–Crippen MR) is 104 cm³/mol. The predicted octanol–water partition coefficient (Wildman–Crippen LogP) is 1.85. The van der Waals surface area contributed by atoms with Crippen molar-refractivity contribution >= 4 is 11.6 Å². The van der Waals surface area contributed by atoms with E-state index in [0.29, 0.717) is 36.2 Å². The first-order valence-corrected chi connectivity index (χ1v) is 9.48. The molecule has 9 nitrogen and oxygen atoms in total. The minimum Gasteiger partial charge on any atom is -0.486 e. The summed E-state index contributed by atoms with van der Waals surface area (Å²) < 4.78 is 13.9. The molecular formula is C20H19N5O4. The molecule has 2 aromatic heterocycles. The van der Waals surface area contributed by atoms with Crippen molar-refractivity contribution in [1.29, 1.82) is 0 Å². The Labute approximate surface area is 165 Å². The fourth-order valence-corrected chi connectivity index (χ4v) is 3.33. The summed E-state index contributed by atoms with van der Waals surface area (Å²) >= 11 is 0. The number of ether oxygens (including phenoxy) is 2. The molecule has 1 saturated carbocycles. The van der Waals surface area contributed by atoms with E-state index in [1.165, 1.54) is 4.68 Å². The SMILES string of the molecule is O=C(Cn1nc(-c2cccnc2)n(C2CC2)c1=O)Nc1ccc2c(c1)OCCO2. The zero-order chi connectivity index (χ0) is 19.8. The van der Waals surface area contributed by atoms with Crippen LogP contribution in [0.3, 0.4) is 0 Å². The molecule has 29 heavy (non-hydrogen) atoms. The zero-order valence-electron chi connectivity index (χ0n) is 15.6. The van der Waals surface area contributed by atoms with Gasteiger partial charge in [-0.05, 0) is 37.1 Å². The van der Waals surface area contributed by atoms with Gasteiger partial charge in [0.05, 0.1) is 0 Å². The van der Waals surface area contributed by atoms with Gasteiger partial charge in [-0.2, -0.15) is 0 Å². The standard InChI is InChI=1S/C20H19N5O4/c26-18(22-14-3-6-16-17(10-14)29-9-8-28-16)12-24-20(27)25(15-4-5-15)19(23-24)13-2-1-7-21-11-13/h1-3,6-7,10-11,15H,4-5,8-9,12H2,(H,22,26). The van der Waals surface area contributed by atoms with Gasteiger partial charge in [0.1, 0.15) is 19.8 Å². The van der Waals surface area contributed by atoms with Crippen LogP contribution in [0.1, 0.15) is 18.9 Å². The number of carbonyl (C=O) groups is 1. The average molecular weight is 393 g/mol. The van der Waals surface area contributed by atoms with E-state index in [0.717, 1.165) is 18.4 Å². The van der Waals surface area contributed by atoms with Crippen molar-refractivity contribution in [3.8, 4) is 22.9 Å². The molecule has 2 aliphatic rings. The molecule has 0 radical (unpaired) electrons. The van der Waals surface area contributed by atoms with E-state index in [2.05, 4.69) is 15.4 Å². The van der Waals surface area contributed by atoms with E-state index in [1.54, 1.807) is 41.2 Å². The van der Waals surface area contributed by atoms with Crippen molar-refractivity contribution < 1.29 is 14.3 Å². The second-order valence-electron chi connectivity index (χ2n) is 7.01. The fraction of sp³-hybridized carbons (Fsp3) is 0.300. The number of hydrogen-bond donors (Lipinski definition) is 1. The van der Waals surface area contributed by atoms with Crippen LogP contribution in [-0.4, -0.2) is 38.5 Å². The van der Waals surface area contributed by atoms with Crippen LogP contribution in [0.5, 0.6) is 11.5 Å². The maximum Gasteiger partial charge on any atom is 0.346 e. The van der Waals surface area contributed by atoms with E-state index in [9.17, 15) is 9.59 Å². The molecule has 1 aliphatic carbocycles. The van der Waals surface area contributed by atoms with E-state index in [1.807, 2.05) is 6.07 Å². The van der Waals surface area contributed by atoms with Gasteiger partial charge in [0, 0.05) is 35.8 Å². The summed E-state index contributed by atoms with van der Waals surface area (Å²) in [6.07, 6.45) is 5.20. The molecule has 0 bridgehead atoms. The van der Waals surface area contributed by atoms with Gasteiger partial charge in [-0.3, -0.25) is 14.3 Å². The van der Waals surface area contributed by atoms with Crippen molar-refractivity contribution in [3.63, 3.8) is 0 Å². The number of aromatic nitrogens is 4. The molecular weight excluding hydrogens is 374 g/mol. The summed E-state index contributed by atoms with van der Waals surface area (Å²) in [6.45, 7) is 0.792. The Morgan fingerprint density at radius 2 is 2.00 bits per heavy atom. The number of benzene rings is 1. The smallest absolute Gasteiger partial charge is 0.346 e. The lowest BCUT2D eigenvalue weighted by Gasteiger charge is -2.18. The van der Waals surface area contributed by atoms with Crippen LogP contribution < -0.4 is 20.5 Å². The fourth-order valence-electron chi connectivity index (χ4n) is 3.33. The third-order valence-corrected chi connectivity index (χ3v) is 4.82. The highest BCUT2D eigenvalue weighted by Crippen LogP contribution is 2.36. The first-order chi connectivity index (χ1) is 14.2. The lowest BCUT2D eigenvalue weighted by atomic mass is 10.2. The lowest BCUT2D eigenvalue weighted by molar-refractivity contribution is -0.117. The summed E-state index contributed by atoms with van der Waals surface area (Å²) in [5.41, 5.74) is 1.03. The molecule has 0 saturated heterocycles. The molecule has 5 rings (SSSR count). The first kappa shape index (κ1) is 17.5. The minimum absolute atomic E-state index is 0.132. The Morgan fingerprint density at radius 1 is 1.17 bits per heavy atom. The van der Waals surface area contributed by atoms with Crippen LogP contribution in [-0.2, 0) is 11.3 Å². The zero-order valence-corrected chi connectivity index (χ0v) is 15.6. The van der Waals surface area contributed by atoms with Gasteiger partial charge in [0.15, 0.2) is 17.3 Å². The number of nitrogens with one attached hydrogen (secondary N) is 1. The Bertz CT molecular complexity index is 1120. The van der Waals surface area contributed by atoms with Crippen LogP contribution in [0.15, 0.2) is 47.5 Å². The van der Waals surface area contributed by atoms with Gasteiger partial charge in [-0.15, -0.1) is 5.10 Å². The summed E-state index contributed by atoms with van der Waals surface area (Å²) in [5.74, 6) is 1.43. The molecule has 1 aliphatic heterocycles. The molecule has 148 valence electrons. The summed E-state index contributed by atoms with van der Waals surface area (Å²) in [5, 5.41) is 7.20. The van der Waals surface area contributed by atoms with E-state index >= 15 is 0 Å².